The molecule has 0 saturated carbocycles. The van der Waals surface area contributed by atoms with Crippen LogP contribution < -0.4 is 16.3 Å². The maximum absolute atomic E-state index is 12.7. The monoisotopic (exact) mass is 394 g/mol. The van der Waals surface area contributed by atoms with Gasteiger partial charge in [-0.25, -0.2) is 4.79 Å². The Hall–Kier alpha value is -3.61. The second-order valence-corrected chi connectivity index (χ2v) is 6.59. The number of rotatable bonds is 8. The van der Waals surface area contributed by atoms with E-state index >= 15 is 0 Å². The highest BCUT2D eigenvalue weighted by atomic mass is 16.5. The number of Topliss-reactive ketones (excluding diaryl/α,β-unsaturated/α-hetero) is 1. The molecule has 3 rings (SSSR count). The quantitative estimate of drug-likeness (QED) is 0.506. The maximum Gasteiger partial charge on any atom is 0.341 e. The molecule has 0 bridgehead atoms. The molecule has 0 fully saturated rings. The van der Waals surface area contributed by atoms with Crippen molar-refractivity contribution in [3.05, 3.63) is 69.9 Å². The van der Waals surface area contributed by atoms with Crippen molar-refractivity contribution in [1.29, 1.82) is 0 Å². The van der Waals surface area contributed by atoms with Gasteiger partial charge >= 0.3 is 5.97 Å². The predicted molar refractivity (Wildman–Crippen MR) is 107 cm³/mol. The lowest BCUT2D eigenvalue weighted by atomic mass is 10.1. The molecule has 3 N–H and O–H groups in total. The van der Waals surface area contributed by atoms with Crippen LogP contribution in [0.5, 0.6) is 0 Å². The van der Waals surface area contributed by atoms with Crippen LogP contribution in [0.4, 0.5) is 0 Å². The lowest BCUT2D eigenvalue weighted by Gasteiger charge is -2.10. The van der Waals surface area contributed by atoms with Crippen molar-refractivity contribution in [2.75, 3.05) is 6.61 Å². The number of carboxylic acid groups (broad SMARTS) is 1. The molecule has 0 spiro atoms. The Kier molecular flexibility index (Phi) is 5.97. The number of fused-ring (bicyclic) bond motifs is 1. The van der Waals surface area contributed by atoms with Gasteiger partial charge in [-0.2, -0.15) is 0 Å². The van der Waals surface area contributed by atoms with Crippen molar-refractivity contribution < 1.29 is 24.2 Å². The number of ketones is 1. The van der Waals surface area contributed by atoms with Crippen LogP contribution in [0.15, 0.2) is 42.5 Å². The van der Waals surface area contributed by atoms with E-state index in [0.29, 0.717) is 35.6 Å². The smallest absolute Gasteiger partial charge is 0.341 e. The van der Waals surface area contributed by atoms with Crippen LogP contribution in [0.25, 0.3) is 11.8 Å². The zero-order valence-corrected chi connectivity index (χ0v) is 16.1. The molecule has 7 heteroatoms. The molecule has 0 radical (unpaired) electrons. The first-order valence-corrected chi connectivity index (χ1v) is 9.29. The van der Waals surface area contributed by atoms with Crippen molar-refractivity contribution in [3.63, 3.8) is 0 Å². The van der Waals surface area contributed by atoms with E-state index in [9.17, 15) is 14.4 Å². The molecule has 2 aromatic rings. The number of carboxylic acids is 1. The van der Waals surface area contributed by atoms with Crippen LogP contribution >= 0.6 is 0 Å². The summed E-state index contributed by atoms with van der Waals surface area (Å²) >= 11 is 0. The Morgan fingerprint density at radius 1 is 1.21 bits per heavy atom. The molecular formula is C22H22N2O5. The van der Waals surface area contributed by atoms with Gasteiger partial charge in [-0.3, -0.25) is 9.59 Å². The minimum atomic E-state index is -1.14. The number of primary amides is 1. The van der Waals surface area contributed by atoms with Gasteiger partial charge in [0.05, 0.1) is 10.8 Å². The van der Waals surface area contributed by atoms with Crippen LogP contribution in [0.3, 0.4) is 0 Å². The summed E-state index contributed by atoms with van der Waals surface area (Å²) < 4.78 is 7.45. The van der Waals surface area contributed by atoms with E-state index in [1.165, 1.54) is 0 Å². The number of amides is 1. The van der Waals surface area contributed by atoms with E-state index in [1.807, 2.05) is 54.0 Å². The molecule has 1 aromatic heterocycles. The Labute approximate surface area is 167 Å². The fourth-order valence-corrected chi connectivity index (χ4v) is 3.53. The molecule has 0 atom stereocenters. The summed E-state index contributed by atoms with van der Waals surface area (Å²) in [7, 11) is 0. The van der Waals surface area contributed by atoms with Crippen molar-refractivity contribution in [2.24, 2.45) is 5.73 Å². The van der Waals surface area contributed by atoms with Crippen molar-refractivity contribution in [1.82, 2.24) is 4.57 Å². The normalized spacial score (nSPS) is 12.7. The summed E-state index contributed by atoms with van der Waals surface area (Å²) in [5, 5.41) is 10.1. The number of benzene rings is 1. The standard InChI is InChI=1S/C22H22N2O5/c1-2-15-20(21(27)22(23)28)19-16(24(15)12-14-8-4-3-5-9-14)10-6-7-11-17(19)29-13-18(25)26/h3-5,7-11H,2,6,12-13H2,1H3,(H2,23,28)(H,25,26). The number of nitrogens with zero attached hydrogens (tertiary/aromatic N) is 1. The highest BCUT2D eigenvalue weighted by Gasteiger charge is 2.26. The average Bonchev–Trinajstić information content (AvgIpc) is 2.85. The minimum absolute atomic E-state index is 0.175. The second kappa shape index (κ2) is 8.60. The molecule has 1 amide bonds. The third-order valence-corrected chi connectivity index (χ3v) is 4.69. The molecule has 1 aromatic carbocycles. The van der Waals surface area contributed by atoms with Crippen LogP contribution in [-0.2, 0) is 27.3 Å². The van der Waals surface area contributed by atoms with E-state index < -0.39 is 24.3 Å². The molecule has 7 nitrogen and oxygen atoms in total. The lowest BCUT2D eigenvalue weighted by Crippen LogP contribution is -2.36. The van der Waals surface area contributed by atoms with Crippen molar-refractivity contribution >= 4 is 29.5 Å². The number of allylic oxidation sites excluding steroid dienone is 1. The highest BCUT2D eigenvalue weighted by Crippen LogP contribution is 2.13. The van der Waals surface area contributed by atoms with Gasteiger partial charge in [0.25, 0.3) is 11.7 Å². The van der Waals surface area contributed by atoms with Crippen LogP contribution in [0.1, 0.15) is 35.0 Å². The number of aromatic nitrogens is 1. The number of carbonyl (C=O) groups excluding carboxylic acids is 2. The maximum atomic E-state index is 12.7. The second-order valence-electron chi connectivity index (χ2n) is 6.59. The minimum Gasteiger partial charge on any atom is -0.481 e. The molecule has 0 saturated heterocycles. The Bertz CT molecular complexity index is 1110. The molecule has 1 aliphatic carbocycles. The molecule has 1 aliphatic rings. The summed E-state index contributed by atoms with van der Waals surface area (Å²) in [6, 6.07) is 9.72. The van der Waals surface area contributed by atoms with Crippen molar-refractivity contribution in [2.45, 2.75) is 26.3 Å². The zero-order valence-electron chi connectivity index (χ0n) is 16.1. The third kappa shape index (κ3) is 4.13. The van der Waals surface area contributed by atoms with E-state index in [2.05, 4.69) is 0 Å². The van der Waals surface area contributed by atoms with Gasteiger partial charge in [0.1, 0.15) is 5.76 Å². The number of hydrogen-bond donors (Lipinski definition) is 2. The number of hydrogen-bond acceptors (Lipinski definition) is 4. The van der Waals surface area contributed by atoms with Crippen LogP contribution in [0.2, 0.25) is 0 Å². The van der Waals surface area contributed by atoms with E-state index in [4.69, 9.17) is 15.6 Å². The number of nitrogens with two attached hydrogens (primary N) is 1. The number of carbonyl (C=O) groups is 3. The highest BCUT2D eigenvalue weighted by molar-refractivity contribution is 6.42. The SMILES string of the molecule is CCc1c(C(=O)C(N)=O)c2c(n1Cc1ccccc1)=CCC=CC=2OCC(=O)O. The van der Waals surface area contributed by atoms with E-state index in [-0.39, 0.29) is 11.3 Å². The van der Waals surface area contributed by atoms with Crippen LogP contribution in [0, 0.1) is 0 Å². The summed E-state index contributed by atoms with van der Waals surface area (Å²) in [5.41, 5.74) is 7.18. The summed E-state index contributed by atoms with van der Waals surface area (Å²) in [5.74, 6) is -2.78. The summed E-state index contributed by atoms with van der Waals surface area (Å²) in [6.45, 7) is 1.82. The van der Waals surface area contributed by atoms with Crippen molar-refractivity contribution in [3.8, 4) is 0 Å². The average molecular weight is 394 g/mol. The first kappa shape index (κ1) is 20.1. The largest absolute Gasteiger partial charge is 0.481 e. The zero-order chi connectivity index (χ0) is 21.0. The van der Waals surface area contributed by atoms with Gasteiger partial charge in [-0.15, -0.1) is 0 Å². The predicted octanol–water partition coefficient (Wildman–Crippen LogP) is 0.717. The molecule has 1 heterocycles. The van der Waals surface area contributed by atoms with Gasteiger partial charge < -0.3 is 20.1 Å². The number of ether oxygens (including phenoxy) is 1. The fraction of sp³-hybridized carbons (Fsp3) is 0.227. The Morgan fingerprint density at radius 3 is 2.55 bits per heavy atom. The summed E-state index contributed by atoms with van der Waals surface area (Å²) in [6.07, 6.45) is 6.43. The summed E-state index contributed by atoms with van der Waals surface area (Å²) in [4.78, 5) is 35.5. The Morgan fingerprint density at radius 2 is 1.93 bits per heavy atom. The number of aliphatic carboxylic acids is 1. The van der Waals surface area contributed by atoms with E-state index in [1.54, 1.807) is 6.08 Å². The van der Waals surface area contributed by atoms with Gasteiger partial charge in [-0.05, 0) is 24.5 Å². The Balaban J connectivity index is 2.35. The van der Waals surface area contributed by atoms with Crippen LogP contribution in [-0.4, -0.2) is 33.9 Å². The molecule has 29 heavy (non-hydrogen) atoms. The van der Waals surface area contributed by atoms with Gasteiger partial charge in [-0.1, -0.05) is 49.4 Å². The first-order valence-electron chi connectivity index (χ1n) is 9.29. The molecule has 0 aliphatic heterocycles. The molecular weight excluding hydrogens is 372 g/mol. The third-order valence-electron chi connectivity index (χ3n) is 4.69. The molecule has 150 valence electrons. The fourth-order valence-electron chi connectivity index (χ4n) is 3.53. The topological polar surface area (TPSA) is 112 Å². The lowest BCUT2D eigenvalue weighted by molar-refractivity contribution is -0.140. The van der Waals surface area contributed by atoms with Gasteiger partial charge in [0, 0.05) is 17.6 Å². The van der Waals surface area contributed by atoms with Gasteiger partial charge in [0.15, 0.2) is 6.61 Å². The van der Waals surface area contributed by atoms with E-state index in [0.717, 1.165) is 5.56 Å². The first-order chi connectivity index (χ1) is 13.9. The van der Waals surface area contributed by atoms with Gasteiger partial charge in [0.2, 0.25) is 0 Å². The molecule has 0 unspecified atom stereocenters.